The van der Waals surface area contributed by atoms with Crippen LogP contribution in [0.15, 0.2) is 0 Å². The fourth-order valence-electron chi connectivity index (χ4n) is 0. The van der Waals surface area contributed by atoms with Gasteiger partial charge >= 0.3 is 0 Å². The van der Waals surface area contributed by atoms with Gasteiger partial charge in [-0.1, -0.05) is 6.92 Å². The molecule has 0 heterocycles. The Morgan fingerprint density at radius 2 is 1.29 bits per heavy atom. The Morgan fingerprint density at radius 1 is 1.29 bits per heavy atom. The number of rotatable bonds is 0. The van der Waals surface area contributed by atoms with E-state index in [2.05, 4.69) is 21.1 Å². The van der Waals surface area contributed by atoms with E-state index in [1.807, 2.05) is 6.92 Å². The normalized spacial score (nSPS) is 7.71. The smallest absolute Gasteiger partial charge is 0.0661 e. The third-order valence-electron chi connectivity index (χ3n) is 0. The summed E-state index contributed by atoms with van der Waals surface area (Å²) >= 11 is 5.00. The van der Waals surface area contributed by atoms with Gasteiger partial charge in [-0.2, -0.15) is 0 Å². The Bertz CT molecular complexity index is 19.3. The topological polar surface area (TPSA) is 4.44 Å². The van der Waals surface area contributed by atoms with Crippen molar-refractivity contribution in [1.29, 1.82) is 0 Å². The summed E-state index contributed by atoms with van der Waals surface area (Å²) in [5.41, 5.74) is 0. The zero-order chi connectivity index (χ0) is 6.28. The maximum atomic E-state index is 5.00. The summed E-state index contributed by atoms with van der Waals surface area (Å²) in [6.45, 7) is 1.89. The van der Waals surface area contributed by atoms with Crippen molar-refractivity contribution < 1.29 is 4.90 Å². The van der Waals surface area contributed by atoms with Crippen molar-refractivity contribution >= 4 is 11.6 Å². The van der Waals surface area contributed by atoms with Gasteiger partial charge in [-0.3, -0.25) is 0 Å². The summed E-state index contributed by atoms with van der Waals surface area (Å²) in [5.74, 6) is 0.722. The van der Waals surface area contributed by atoms with Crippen molar-refractivity contribution in [3.8, 4) is 0 Å². The van der Waals surface area contributed by atoms with E-state index in [1.54, 1.807) is 0 Å². The van der Waals surface area contributed by atoms with Gasteiger partial charge < -0.3 is 4.90 Å². The molecule has 0 spiro atoms. The fourth-order valence-corrected chi connectivity index (χ4v) is 0. The lowest BCUT2D eigenvalue weighted by Crippen LogP contribution is -3.02. The van der Waals surface area contributed by atoms with Gasteiger partial charge in [0.05, 0.1) is 21.1 Å². The average molecular weight is 125 g/mol. The summed E-state index contributed by atoms with van der Waals surface area (Å²) in [6.07, 6.45) is 0. The van der Waals surface area contributed by atoms with Gasteiger partial charge in [0.2, 0.25) is 0 Å². The first kappa shape index (κ1) is 10.3. The quantitative estimate of drug-likeness (QED) is 0.434. The Hall–Kier alpha value is 0.250. The number of halogens is 1. The second kappa shape index (κ2) is 9.54. The Kier molecular flexibility index (Phi) is 14.0. The highest BCUT2D eigenvalue weighted by atomic mass is 35.5. The largest absolute Gasteiger partial charge is 0.342 e. The predicted octanol–water partition coefficient (Wildman–Crippen LogP) is 0.00580. The number of hydrogen-bond donors (Lipinski definition) is 1. The molecule has 7 heavy (non-hydrogen) atoms. The highest BCUT2D eigenvalue weighted by Crippen LogP contribution is 1.59. The lowest BCUT2D eigenvalue weighted by Gasteiger charge is -1.88. The summed E-state index contributed by atoms with van der Waals surface area (Å²) in [5, 5.41) is 0. The molecule has 0 rings (SSSR count). The van der Waals surface area contributed by atoms with Crippen LogP contribution in [0.5, 0.6) is 0 Å². The Morgan fingerprint density at radius 3 is 1.29 bits per heavy atom. The molecule has 0 aromatic heterocycles. The van der Waals surface area contributed by atoms with Gasteiger partial charge in [0.1, 0.15) is 0 Å². The highest BCUT2D eigenvalue weighted by Gasteiger charge is 1.61. The lowest BCUT2D eigenvalue weighted by atomic mass is 11.0. The van der Waals surface area contributed by atoms with Crippen LogP contribution < -0.4 is 4.90 Å². The van der Waals surface area contributed by atoms with Crippen LogP contribution >= 0.6 is 11.6 Å². The van der Waals surface area contributed by atoms with Crippen LogP contribution in [0.4, 0.5) is 0 Å². The molecular weight excluding hydrogens is 110 g/mol. The van der Waals surface area contributed by atoms with E-state index in [9.17, 15) is 0 Å². The third kappa shape index (κ3) is 1810. The molecule has 0 aliphatic rings. The third-order valence-corrected chi connectivity index (χ3v) is 0. The van der Waals surface area contributed by atoms with E-state index >= 15 is 0 Å². The number of alkyl halides is 1. The zero-order valence-corrected chi connectivity index (χ0v) is 6.34. The molecule has 0 unspecified atom stereocenters. The molecule has 0 bridgehead atoms. The van der Waals surface area contributed by atoms with E-state index in [4.69, 9.17) is 11.6 Å². The average Bonchev–Trinajstić information content (AvgIpc) is 1.33. The van der Waals surface area contributed by atoms with E-state index in [0.29, 0.717) is 0 Å². The van der Waals surface area contributed by atoms with Gasteiger partial charge in [0.15, 0.2) is 0 Å². The van der Waals surface area contributed by atoms with Gasteiger partial charge in [-0.15, -0.1) is 11.6 Å². The van der Waals surface area contributed by atoms with Crippen LogP contribution in [0.2, 0.25) is 0 Å². The standard InChI is InChI=1S/C3H9N.C2H5Cl/c1-4(2)3;1-2-3/h1-3H3;2H2,1H3/p+1. The summed E-state index contributed by atoms with van der Waals surface area (Å²) in [7, 11) is 6.25. The van der Waals surface area contributed by atoms with Crippen LogP contribution in [0.1, 0.15) is 6.92 Å². The molecule has 0 saturated heterocycles. The van der Waals surface area contributed by atoms with E-state index in [0.717, 1.165) is 5.88 Å². The minimum Gasteiger partial charge on any atom is -0.342 e. The van der Waals surface area contributed by atoms with Crippen molar-refractivity contribution in [2.75, 3.05) is 27.0 Å². The number of hydrogen-bond acceptors (Lipinski definition) is 0. The maximum absolute atomic E-state index is 5.00. The zero-order valence-electron chi connectivity index (χ0n) is 5.59. The first-order chi connectivity index (χ1) is 3.15. The fraction of sp³-hybridized carbons (Fsp3) is 1.00. The molecule has 0 aromatic carbocycles. The van der Waals surface area contributed by atoms with Crippen LogP contribution in [0.25, 0.3) is 0 Å². The number of nitrogens with one attached hydrogen (secondary N) is 1. The second-order valence-corrected chi connectivity index (χ2v) is 2.30. The molecule has 0 radical (unpaired) electrons. The molecule has 0 atom stereocenters. The van der Waals surface area contributed by atoms with Crippen LogP contribution in [-0.2, 0) is 0 Å². The summed E-state index contributed by atoms with van der Waals surface area (Å²) in [4.78, 5) is 1.42. The molecule has 0 fully saturated rings. The van der Waals surface area contributed by atoms with Gasteiger partial charge in [0, 0.05) is 5.88 Å². The van der Waals surface area contributed by atoms with Crippen LogP contribution in [-0.4, -0.2) is 27.0 Å². The molecule has 0 aliphatic heterocycles. The van der Waals surface area contributed by atoms with E-state index in [1.165, 1.54) is 4.90 Å². The maximum Gasteiger partial charge on any atom is 0.0661 e. The van der Waals surface area contributed by atoms with Gasteiger partial charge in [-0.05, 0) is 0 Å². The highest BCUT2D eigenvalue weighted by molar-refractivity contribution is 6.17. The van der Waals surface area contributed by atoms with Crippen molar-refractivity contribution in [2.24, 2.45) is 0 Å². The van der Waals surface area contributed by atoms with Crippen LogP contribution in [0, 0.1) is 0 Å². The molecule has 0 aromatic rings. The molecule has 0 amide bonds. The summed E-state index contributed by atoms with van der Waals surface area (Å²) in [6, 6.07) is 0. The molecular formula is C5H15ClN+. The molecule has 0 aliphatic carbocycles. The minimum atomic E-state index is 0.722. The monoisotopic (exact) mass is 124 g/mol. The lowest BCUT2D eigenvalue weighted by molar-refractivity contribution is -0.836. The van der Waals surface area contributed by atoms with Crippen molar-refractivity contribution in [3.63, 3.8) is 0 Å². The van der Waals surface area contributed by atoms with Crippen molar-refractivity contribution in [1.82, 2.24) is 0 Å². The molecule has 0 saturated carbocycles. The molecule has 1 N–H and O–H groups in total. The first-order valence-corrected chi connectivity index (χ1v) is 3.01. The van der Waals surface area contributed by atoms with Gasteiger partial charge in [0.25, 0.3) is 0 Å². The van der Waals surface area contributed by atoms with Crippen molar-refractivity contribution in [2.45, 2.75) is 6.92 Å². The molecule has 2 heteroatoms. The van der Waals surface area contributed by atoms with E-state index < -0.39 is 0 Å². The second-order valence-electron chi connectivity index (χ2n) is 1.77. The van der Waals surface area contributed by atoms with Crippen molar-refractivity contribution in [3.05, 3.63) is 0 Å². The molecule has 46 valence electrons. The summed E-state index contributed by atoms with van der Waals surface area (Å²) < 4.78 is 0. The Labute approximate surface area is 51.3 Å². The number of quaternary nitrogens is 1. The Balaban J connectivity index is 0. The first-order valence-electron chi connectivity index (χ1n) is 2.47. The van der Waals surface area contributed by atoms with Gasteiger partial charge in [-0.25, -0.2) is 0 Å². The predicted molar refractivity (Wildman–Crippen MR) is 35.1 cm³/mol. The van der Waals surface area contributed by atoms with E-state index in [-0.39, 0.29) is 0 Å². The van der Waals surface area contributed by atoms with Crippen LogP contribution in [0.3, 0.4) is 0 Å². The SMILES string of the molecule is CCCl.C[NH+](C)C. The minimum absolute atomic E-state index is 0.722. The molecule has 1 nitrogen and oxygen atoms in total.